The van der Waals surface area contributed by atoms with Crippen molar-refractivity contribution in [2.24, 2.45) is 5.10 Å². The number of carbonyl (C=O) groups is 2. The molecule has 6 nitrogen and oxygen atoms in total. The molecule has 0 spiro atoms. The second-order valence-electron chi connectivity index (χ2n) is 5.51. The number of rotatable bonds is 5. The fourth-order valence-electron chi connectivity index (χ4n) is 2.53. The monoisotopic (exact) mass is 317 g/mol. The first kappa shape index (κ1) is 17.0. The summed E-state index contributed by atoms with van der Waals surface area (Å²) in [5.41, 5.74) is 3.05. The highest BCUT2D eigenvalue weighted by Gasteiger charge is 2.19. The van der Waals surface area contributed by atoms with E-state index in [2.05, 4.69) is 15.8 Å². The summed E-state index contributed by atoms with van der Waals surface area (Å²) in [7, 11) is 0. The van der Waals surface area contributed by atoms with Crippen molar-refractivity contribution in [2.45, 2.75) is 45.1 Å². The Labute approximate surface area is 136 Å². The summed E-state index contributed by atoms with van der Waals surface area (Å²) in [6.07, 6.45) is 6.76. The summed E-state index contributed by atoms with van der Waals surface area (Å²) in [5.74, 6) is -0.584. The molecule has 2 rings (SSSR count). The van der Waals surface area contributed by atoms with E-state index < -0.39 is 11.8 Å². The van der Waals surface area contributed by atoms with Crippen LogP contribution in [0.1, 0.15) is 44.6 Å². The zero-order chi connectivity index (χ0) is 16.5. The van der Waals surface area contributed by atoms with Gasteiger partial charge >= 0.3 is 11.8 Å². The molecule has 0 bridgehead atoms. The highest BCUT2D eigenvalue weighted by molar-refractivity contribution is 6.35. The Morgan fingerprint density at radius 1 is 1.17 bits per heavy atom. The summed E-state index contributed by atoms with van der Waals surface area (Å²) in [6.45, 7) is 2.53. The third-order valence-corrected chi connectivity index (χ3v) is 3.72. The van der Waals surface area contributed by atoms with Crippen molar-refractivity contribution in [1.82, 2.24) is 10.7 Å². The van der Waals surface area contributed by atoms with Gasteiger partial charge in [-0.25, -0.2) is 5.43 Å². The van der Waals surface area contributed by atoms with Gasteiger partial charge in [-0.1, -0.05) is 19.3 Å². The molecule has 6 heteroatoms. The molecule has 1 aliphatic carbocycles. The van der Waals surface area contributed by atoms with Gasteiger partial charge in [-0.2, -0.15) is 5.10 Å². The normalized spacial score (nSPS) is 15.3. The van der Waals surface area contributed by atoms with Gasteiger partial charge in [0.1, 0.15) is 5.75 Å². The van der Waals surface area contributed by atoms with E-state index in [0.29, 0.717) is 6.61 Å². The zero-order valence-corrected chi connectivity index (χ0v) is 13.4. The van der Waals surface area contributed by atoms with E-state index in [9.17, 15) is 9.59 Å². The Kier molecular flexibility index (Phi) is 6.59. The number of hydrazone groups is 1. The molecule has 1 aromatic carbocycles. The average Bonchev–Trinajstić information content (AvgIpc) is 2.57. The van der Waals surface area contributed by atoms with Gasteiger partial charge in [0, 0.05) is 6.04 Å². The van der Waals surface area contributed by atoms with Crippen molar-refractivity contribution >= 4 is 18.0 Å². The van der Waals surface area contributed by atoms with Gasteiger partial charge in [-0.15, -0.1) is 0 Å². The molecule has 2 amide bonds. The van der Waals surface area contributed by atoms with Crippen LogP contribution >= 0.6 is 0 Å². The second kappa shape index (κ2) is 8.92. The van der Waals surface area contributed by atoms with Crippen LogP contribution < -0.4 is 15.5 Å². The Hall–Kier alpha value is -2.37. The predicted molar refractivity (Wildman–Crippen MR) is 88.4 cm³/mol. The quantitative estimate of drug-likeness (QED) is 0.495. The van der Waals surface area contributed by atoms with Crippen molar-refractivity contribution < 1.29 is 14.3 Å². The Morgan fingerprint density at radius 3 is 2.52 bits per heavy atom. The van der Waals surface area contributed by atoms with Gasteiger partial charge in [-0.05, 0) is 49.6 Å². The largest absolute Gasteiger partial charge is 0.494 e. The number of nitrogens with zero attached hydrogens (tertiary/aromatic N) is 1. The van der Waals surface area contributed by atoms with E-state index in [1.54, 1.807) is 0 Å². The smallest absolute Gasteiger partial charge is 0.329 e. The molecule has 0 saturated heterocycles. The first-order valence-corrected chi connectivity index (χ1v) is 8.06. The van der Waals surface area contributed by atoms with E-state index in [-0.39, 0.29) is 6.04 Å². The minimum Gasteiger partial charge on any atom is -0.494 e. The number of hydrogen-bond donors (Lipinski definition) is 2. The van der Waals surface area contributed by atoms with E-state index in [1.165, 1.54) is 12.6 Å². The maximum atomic E-state index is 11.8. The van der Waals surface area contributed by atoms with Crippen LogP contribution in [0.2, 0.25) is 0 Å². The molecule has 2 N–H and O–H groups in total. The maximum absolute atomic E-state index is 11.8. The highest BCUT2D eigenvalue weighted by Crippen LogP contribution is 2.17. The van der Waals surface area contributed by atoms with Crippen LogP contribution in [0.25, 0.3) is 0 Å². The lowest BCUT2D eigenvalue weighted by atomic mass is 9.95. The fourth-order valence-corrected chi connectivity index (χ4v) is 2.53. The molecule has 23 heavy (non-hydrogen) atoms. The highest BCUT2D eigenvalue weighted by atomic mass is 16.5. The molecular formula is C17H23N3O3. The van der Waals surface area contributed by atoms with Crippen molar-refractivity contribution in [1.29, 1.82) is 0 Å². The maximum Gasteiger partial charge on any atom is 0.329 e. The number of hydrogen-bond acceptors (Lipinski definition) is 4. The van der Waals surface area contributed by atoms with Gasteiger partial charge in [0.15, 0.2) is 0 Å². The van der Waals surface area contributed by atoms with E-state index in [1.807, 2.05) is 31.2 Å². The third-order valence-electron chi connectivity index (χ3n) is 3.72. The Morgan fingerprint density at radius 2 is 1.87 bits per heavy atom. The number of nitrogens with one attached hydrogen (secondary N) is 2. The number of ether oxygens (including phenoxy) is 1. The van der Waals surface area contributed by atoms with Crippen molar-refractivity contribution in [3.63, 3.8) is 0 Å². The van der Waals surface area contributed by atoms with E-state index >= 15 is 0 Å². The van der Waals surface area contributed by atoms with Gasteiger partial charge in [0.2, 0.25) is 0 Å². The summed E-state index contributed by atoms with van der Waals surface area (Å²) < 4.78 is 5.34. The molecular weight excluding hydrogens is 294 g/mol. The first-order valence-electron chi connectivity index (χ1n) is 8.06. The molecule has 1 fully saturated rings. The Balaban J connectivity index is 1.77. The molecule has 1 aromatic rings. The standard InChI is InChI=1S/C17H23N3O3/c1-2-23-15-10-8-13(9-11-15)12-18-20-17(22)16(21)19-14-6-4-3-5-7-14/h8-12,14H,2-7H2,1H3,(H,19,21)(H,20,22)/b18-12-. The van der Waals surface area contributed by atoms with Crippen LogP contribution in [0.4, 0.5) is 0 Å². The molecule has 0 radical (unpaired) electrons. The van der Waals surface area contributed by atoms with E-state index in [0.717, 1.165) is 37.0 Å². The van der Waals surface area contributed by atoms with Crippen molar-refractivity contribution in [3.05, 3.63) is 29.8 Å². The van der Waals surface area contributed by atoms with Crippen LogP contribution in [0.15, 0.2) is 29.4 Å². The number of amides is 2. The molecule has 0 atom stereocenters. The van der Waals surface area contributed by atoms with Crippen LogP contribution in [0, 0.1) is 0 Å². The Bertz CT molecular complexity index is 549. The lowest BCUT2D eigenvalue weighted by Gasteiger charge is -2.22. The minimum atomic E-state index is -0.738. The van der Waals surface area contributed by atoms with Crippen molar-refractivity contribution in [2.75, 3.05) is 6.61 Å². The van der Waals surface area contributed by atoms with Crippen LogP contribution in [0.3, 0.4) is 0 Å². The first-order chi connectivity index (χ1) is 11.2. The van der Waals surface area contributed by atoms with Gasteiger partial charge in [-0.3, -0.25) is 9.59 Å². The molecule has 0 aromatic heterocycles. The summed E-state index contributed by atoms with van der Waals surface area (Å²) in [4.78, 5) is 23.4. The van der Waals surface area contributed by atoms with Gasteiger partial charge in [0.25, 0.3) is 0 Å². The fraction of sp³-hybridized carbons (Fsp3) is 0.471. The van der Waals surface area contributed by atoms with Crippen molar-refractivity contribution in [3.8, 4) is 5.75 Å². The zero-order valence-electron chi connectivity index (χ0n) is 13.4. The molecule has 1 aliphatic rings. The molecule has 0 aliphatic heterocycles. The lowest BCUT2D eigenvalue weighted by molar-refractivity contribution is -0.139. The molecule has 0 heterocycles. The summed E-state index contributed by atoms with van der Waals surface area (Å²) >= 11 is 0. The average molecular weight is 317 g/mol. The minimum absolute atomic E-state index is 0.108. The SMILES string of the molecule is CCOc1ccc(/C=N\NC(=O)C(=O)NC2CCCCC2)cc1. The predicted octanol–water partition coefficient (Wildman–Crippen LogP) is 1.98. The molecule has 124 valence electrons. The topological polar surface area (TPSA) is 79.8 Å². The third kappa shape index (κ3) is 5.73. The summed E-state index contributed by atoms with van der Waals surface area (Å²) in [6, 6.07) is 7.40. The van der Waals surface area contributed by atoms with Crippen LogP contribution in [0.5, 0.6) is 5.75 Å². The van der Waals surface area contributed by atoms with Gasteiger partial charge < -0.3 is 10.1 Å². The molecule has 0 unspecified atom stereocenters. The number of carbonyl (C=O) groups excluding carboxylic acids is 2. The lowest BCUT2D eigenvalue weighted by Crippen LogP contribution is -2.44. The van der Waals surface area contributed by atoms with Gasteiger partial charge in [0.05, 0.1) is 12.8 Å². The van der Waals surface area contributed by atoms with E-state index in [4.69, 9.17) is 4.74 Å². The second-order valence-corrected chi connectivity index (χ2v) is 5.51. The van der Waals surface area contributed by atoms with Crippen LogP contribution in [-0.4, -0.2) is 30.7 Å². The summed E-state index contributed by atoms with van der Waals surface area (Å²) in [5, 5.41) is 6.55. The molecule has 1 saturated carbocycles. The number of benzene rings is 1. The van der Waals surface area contributed by atoms with Crippen LogP contribution in [-0.2, 0) is 9.59 Å².